The Morgan fingerprint density at radius 2 is 2.29 bits per heavy atom. The van der Waals surface area contributed by atoms with Gasteiger partial charge in [0.15, 0.2) is 0 Å². The first kappa shape index (κ1) is 9.42. The Bertz CT molecular complexity index is 477. The number of aromatic amines is 1. The van der Waals surface area contributed by atoms with Crippen molar-refractivity contribution in [1.29, 1.82) is 5.26 Å². The molecule has 0 unspecified atom stereocenters. The molecule has 0 fully saturated rings. The molecule has 2 nitrogen and oxygen atoms in total. The van der Waals surface area contributed by atoms with Gasteiger partial charge in [-0.15, -0.1) is 0 Å². The van der Waals surface area contributed by atoms with Crippen LogP contribution in [0.4, 0.5) is 0 Å². The molecule has 72 valence electrons. The summed E-state index contributed by atoms with van der Waals surface area (Å²) in [6.45, 7) is 4.41. The first-order valence-corrected chi connectivity index (χ1v) is 5.12. The fourth-order valence-corrected chi connectivity index (χ4v) is 2.24. The van der Waals surface area contributed by atoms with E-state index in [2.05, 4.69) is 24.9 Å². The quantitative estimate of drug-likeness (QED) is 0.660. The number of nitrogens with zero attached hydrogens (tertiary/aromatic N) is 1. The van der Waals surface area contributed by atoms with Crippen LogP contribution in [0.2, 0.25) is 0 Å². The number of hydrogen-bond acceptors (Lipinski definition) is 2. The van der Waals surface area contributed by atoms with Crippen LogP contribution in [0.5, 0.6) is 0 Å². The molecule has 3 heteroatoms. The SMILES string of the molecule is CC1(C)CCc2cc(C#N)c(=S)[nH]c21. The fraction of sp³-hybridized carbons (Fsp3) is 0.455. The third-order valence-corrected chi connectivity index (χ3v) is 3.26. The van der Waals surface area contributed by atoms with Crippen LogP contribution in [0.15, 0.2) is 6.07 Å². The van der Waals surface area contributed by atoms with E-state index < -0.39 is 0 Å². The first-order chi connectivity index (χ1) is 6.54. The van der Waals surface area contributed by atoms with E-state index in [1.165, 1.54) is 11.3 Å². The van der Waals surface area contributed by atoms with Crippen LogP contribution in [0, 0.1) is 16.0 Å². The summed E-state index contributed by atoms with van der Waals surface area (Å²) in [5.41, 5.74) is 3.23. The second-order valence-electron chi connectivity index (χ2n) is 4.41. The van der Waals surface area contributed by atoms with Gasteiger partial charge < -0.3 is 4.98 Å². The lowest BCUT2D eigenvalue weighted by molar-refractivity contribution is 0.509. The van der Waals surface area contributed by atoms with E-state index in [-0.39, 0.29) is 5.41 Å². The van der Waals surface area contributed by atoms with E-state index in [1.54, 1.807) is 0 Å². The van der Waals surface area contributed by atoms with Gasteiger partial charge in [-0.2, -0.15) is 5.26 Å². The van der Waals surface area contributed by atoms with Gasteiger partial charge in [-0.1, -0.05) is 26.1 Å². The Morgan fingerprint density at radius 1 is 1.57 bits per heavy atom. The molecule has 1 aliphatic rings. The van der Waals surface area contributed by atoms with Crippen molar-refractivity contribution in [1.82, 2.24) is 4.98 Å². The predicted molar refractivity (Wildman–Crippen MR) is 57.7 cm³/mol. The third-order valence-electron chi connectivity index (χ3n) is 2.94. The summed E-state index contributed by atoms with van der Waals surface area (Å²) in [7, 11) is 0. The van der Waals surface area contributed by atoms with Crippen molar-refractivity contribution < 1.29 is 0 Å². The summed E-state index contributed by atoms with van der Waals surface area (Å²) < 4.78 is 0.571. The summed E-state index contributed by atoms with van der Waals surface area (Å²) in [5, 5.41) is 8.84. The van der Waals surface area contributed by atoms with E-state index in [0.29, 0.717) is 10.2 Å². The van der Waals surface area contributed by atoms with Crippen LogP contribution in [-0.4, -0.2) is 4.98 Å². The van der Waals surface area contributed by atoms with Gasteiger partial charge in [0.1, 0.15) is 10.7 Å². The Kier molecular flexibility index (Phi) is 1.97. The maximum absolute atomic E-state index is 8.84. The zero-order chi connectivity index (χ0) is 10.3. The molecule has 0 aliphatic heterocycles. The molecule has 0 atom stereocenters. The summed E-state index contributed by atoms with van der Waals surface area (Å²) in [4.78, 5) is 3.19. The van der Waals surface area contributed by atoms with Gasteiger partial charge in [0, 0.05) is 11.1 Å². The zero-order valence-corrected chi connectivity index (χ0v) is 9.16. The number of nitrogens with one attached hydrogen (secondary N) is 1. The average Bonchev–Trinajstić information content (AvgIpc) is 2.42. The molecule has 0 aromatic carbocycles. The van der Waals surface area contributed by atoms with Crippen LogP contribution >= 0.6 is 12.2 Å². The molecule has 0 amide bonds. The van der Waals surface area contributed by atoms with Gasteiger partial charge in [0.2, 0.25) is 0 Å². The molecule has 0 bridgehead atoms. The highest BCUT2D eigenvalue weighted by molar-refractivity contribution is 7.71. The topological polar surface area (TPSA) is 39.6 Å². The molecule has 14 heavy (non-hydrogen) atoms. The molecule has 0 saturated carbocycles. The first-order valence-electron chi connectivity index (χ1n) is 4.71. The van der Waals surface area contributed by atoms with Crippen molar-refractivity contribution >= 4 is 12.2 Å². The molecule has 0 spiro atoms. The number of aryl methyl sites for hydroxylation is 1. The fourth-order valence-electron chi connectivity index (χ4n) is 2.03. The number of pyridine rings is 1. The minimum Gasteiger partial charge on any atom is -0.348 e. The van der Waals surface area contributed by atoms with Crippen molar-refractivity contribution in [3.05, 3.63) is 27.5 Å². The van der Waals surface area contributed by atoms with Crippen molar-refractivity contribution in [3.8, 4) is 6.07 Å². The minimum atomic E-state index is 0.177. The van der Waals surface area contributed by atoms with Crippen molar-refractivity contribution in [3.63, 3.8) is 0 Å². The summed E-state index contributed by atoms with van der Waals surface area (Å²) in [5.74, 6) is 0. The van der Waals surface area contributed by atoms with E-state index in [4.69, 9.17) is 17.5 Å². The van der Waals surface area contributed by atoms with Gasteiger partial charge in [-0.05, 0) is 24.5 Å². The molecular weight excluding hydrogens is 192 g/mol. The largest absolute Gasteiger partial charge is 0.348 e. The second-order valence-corrected chi connectivity index (χ2v) is 4.82. The number of rotatable bonds is 0. The number of H-pyrrole nitrogens is 1. The van der Waals surface area contributed by atoms with Crippen molar-refractivity contribution in [2.24, 2.45) is 0 Å². The monoisotopic (exact) mass is 204 g/mol. The lowest BCUT2D eigenvalue weighted by Gasteiger charge is -2.18. The minimum absolute atomic E-state index is 0.177. The van der Waals surface area contributed by atoms with Gasteiger partial charge in [-0.25, -0.2) is 0 Å². The Balaban J connectivity index is 2.69. The van der Waals surface area contributed by atoms with Gasteiger partial charge in [0.25, 0.3) is 0 Å². The Labute approximate surface area is 88.6 Å². The molecule has 1 aliphatic carbocycles. The lowest BCUT2D eigenvalue weighted by Crippen LogP contribution is -2.14. The average molecular weight is 204 g/mol. The third kappa shape index (κ3) is 1.27. The predicted octanol–water partition coefficient (Wildman–Crippen LogP) is 2.84. The molecule has 0 radical (unpaired) electrons. The summed E-state index contributed by atoms with van der Waals surface area (Å²) in [6.07, 6.45) is 2.17. The maximum Gasteiger partial charge on any atom is 0.121 e. The van der Waals surface area contributed by atoms with Crippen LogP contribution < -0.4 is 0 Å². The zero-order valence-electron chi connectivity index (χ0n) is 8.35. The number of aromatic nitrogens is 1. The van der Waals surface area contributed by atoms with Crippen LogP contribution in [-0.2, 0) is 11.8 Å². The molecule has 0 saturated heterocycles. The van der Waals surface area contributed by atoms with E-state index >= 15 is 0 Å². The highest BCUT2D eigenvalue weighted by atomic mass is 32.1. The summed E-state index contributed by atoms with van der Waals surface area (Å²) >= 11 is 5.12. The number of nitriles is 1. The van der Waals surface area contributed by atoms with Gasteiger partial charge in [0.05, 0.1) is 5.56 Å². The molecule has 2 rings (SSSR count). The maximum atomic E-state index is 8.84. The van der Waals surface area contributed by atoms with E-state index in [0.717, 1.165) is 12.8 Å². The van der Waals surface area contributed by atoms with Crippen LogP contribution in [0.1, 0.15) is 37.1 Å². The van der Waals surface area contributed by atoms with E-state index in [1.807, 2.05) is 6.07 Å². The molecule has 1 aromatic heterocycles. The smallest absolute Gasteiger partial charge is 0.121 e. The van der Waals surface area contributed by atoms with E-state index in [9.17, 15) is 0 Å². The lowest BCUT2D eigenvalue weighted by atomic mass is 9.90. The molecule has 1 aromatic rings. The molecular formula is C11H12N2S. The Morgan fingerprint density at radius 3 is 2.93 bits per heavy atom. The van der Waals surface area contributed by atoms with Crippen molar-refractivity contribution in [2.45, 2.75) is 32.1 Å². The highest BCUT2D eigenvalue weighted by Gasteiger charge is 2.30. The van der Waals surface area contributed by atoms with Crippen LogP contribution in [0.25, 0.3) is 0 Å². The van der Waals surface area contributed by atoms with Crippen molar-refractivity contribution in [2.75, 3.05) is 0 Å². The number of hydrogen-bond donors (Lipinski definition) is 1. The second kappa shape index (κ2) is 2.93. The summed E-state index contributed by atoms with van der Waals surface area (Å²) in [6, 6.07) is 4.05. The van der Waals surface area contributed by atoms with Gasteiger partial charge >= 0.3 is 0 Å². The standard InChI is InChI=1S/C11H12N2S/c1-11(2)4-3-7-5-8(6-12)10(14)13-9(7)11/h5H,3-4H2,1-2H3,(H,13,14). The molecule has 1 heterocycles. The molecule has 1 N–H and O–H groups in total. The normalized spacial score (nSPS) is 17.5. The highest BCUT2D eigenvalue weighted by Crippen LogP contribution is 2.36. The number of fused-ring (bicyclic) bond motifs is 1. The van der Waals surface area contributed by atoms with Crippen LogP contribution in [0.3, 0.4) is 0 Å². The van der Waals surface area contributed by atoms with Gasteiger partial charge in [-0.3, -0.25) is 0 Å². The Hall–Kier alpha value is -1.14.